The summed E-state index contributed by atoms with van der Waals surface area (Å²) < 4.78 is 4.78. The minimum absolute atomic E-state index is 0.106. The van der Waals surface area contributed by atoms with Crippen molar-refractivity contribution in [3.63, 3.8) is 0 Å². The molecule has 0 amide bonds. The molecule has 1 aliphatic heterocycles. The van der Waals surface area contributed by atoms with Gasteiger partial charge >= 0.3 is 5.97 Å². The molecule has 0 radical (unpaired) electrons. The first-order chi connectivity index (χ1) is 9.06. The third kappa shape index (κ3) is 2.53. The third-order valence-electron chi connectivity index (χ3n) is 3.48. The zero-order valence-corrected chi connectivity index (χ0v) is 11.4. The van der Waals surface area contributed by atoms with Crippen LogP contribution in [-0.4, -0.2) is 31.2 Å². The fourth-order valence-corrected chi connectivity index (χ4v) is 2.53. The first kappa shape index (κ1) is 13.3. The number of aromatic nitrogens is 1. The van der Waals surface area contributed by atoms with Crippen molar-refractivity contribution in [2.75, 3.05) is 25.1 Å². The van der Waals surface area contributed by atoms with Crippen LogP contribution in [0, 0.1) is 31.1 Å². The Hall–Kier alpha value is -2.09. The summed E-state index contributed by atoms with van der Waals surface area (Å²) in [5.41, 5.74) is 3.09. The van der Waals surface area contributed by atoms with E-state index >= 15 is 0 Å². The molecule has 1 atom stereocenters. The topological polar surface area (TPSA) is 66.2 Å². The number of esters is 1. The maximum absolute atomic E-state index is 11.6. The second-order valence-electron chi connectivity index (χ2n) is 4.81. The molecule has 5 nitrogen and oxygen atoms in total. The molecule has 1 saturated heterocycles. The molecule has 2 rings (SSSR count). The van der Waals surface area contributed by atoms with Gasteiger partial charge in [-0.05, 0) is 26.3 Å². The first-order valence-electron chi connectivity index (χ1n) is 6.28. The van der Waals surface area contributed by atoms with Gasteiger partial charge in [-0.25, -0.2) is 0 Å². The van der Waals surface area contributed by atoms with Crippen LogP contribution in [0.2, 0.25) is 0 Å². The summed E-state index contributed by atoms with van der Waals surface area (Å²) >= 11 is 0. The van der Waals surface area contributed by atoms with Crippen molar-refractivity contribution in [1.29, 1.82) is 5.26 Å². The molecule has 100 valence electrons. The highest BCUT2D eigenvalue weighted by molar-refractivity contribution is 5.74. The number of hydrogen-bond donors (Lipinski definition) is 0. The second kappa shape index (κ2) is 5.27. The van der Waals surface area contributed by atoms with Crippen LogP contribution in [0.5, 0.6) is 0 Å². The molecule has 5 heteroatoms. The number of anilines is 1. The Bertz CT molecular complexity index is 548. The maximum Gasteiger partial charge on any atom is 0.310 e. The van der Waals surface area contributed by atoms with E-state index < -0.39 is 0 Å². The van der Waals surface area contributed by atoms with Crippen LogP contribution in [0.15, 0.2) is 6.07 Å². The largest absolute Gasteiger partial charge is 0.469 e. The van der Waals surface area contributed by atoms with Gasteiger partial charge in [0.05, 0.1) is 30.0 Å². The number of nitriles is 1. The predicted octanol–water partition coefficient (Wildman–Crippen LogP) is 1.57. The minimum atomic E-state index is -0.177. The molecule has 1 aliphatic rings. The lowest BCUT2D eigenvalue weighted by Gasteiger charge is -2.20. The SMILES string of the molecule is COC(=O)C1CCN(c2cc(C)nc(C)c2C#N)C1. The maximum atomic E-state index is 11.6. The molecular formula is C14H17N3O2. The lowest BCUT2D eigenvalue weighted by atomic mass is 10.1. The van der Waals surface area contributed by atoms with Crippen LogP contribution in [0.25, 0.3) is 0 Å². The molecule has 0 N–H and O–H groups in total. The molecule has 1 aromatic rings. The van der Waals surface area contributed by atoms with Crippen molar-refractivity contribution >= 4 is 11.7 Å². The average molecular weight is 259 g/mol. The smallest absolute Gasteiger partial charge is 0.310 e. The van der Waals surface area contributed by atoms with Crippen LogP contribution in [-0.2, 0) is 9.53 Å². The number of ether oxygens (including phenoxy) is 1. The Morgan fingerprint density at radius 2 is 2.32 bits per heavy atom. The Morgan fingerprint density at radius 1 is 1.58 bits per heavy atom. The first-order valence-corrected chi connectivity index (χ1v) is 6.28. The van der Waals surface area contributed by atoms with E-state index in [9.17, 15) is 10.1 Å². The zero-order valence-electron chi connectivity index (χ0n) is 11.4. The number of aryl methyl sites for hydroxylation is 2. The molecule has 0 aromatic carbocycles. The van der Waals surface area contributed by atoms with E-state index in [2.05, 4.69) is 16.0 Å². The molecule has 0 bridgehead atoms. The Kier molecular flexibility index (Phi) is 3.70. The summed E-state index contributed by atoms with van der Waals surface area (Å²) in [4.78, 5) is 17.9. The van der Waals surface area contributed by atoms with Gasteiger partial charge in [0, 0.05) is 18.8 Å². The zero-order chi connectivity index (χ0) is 14.0. The summed E-state index contributed by atoms with van der Waals surface area (Å²) in [6.07, 6.45) is 0.762. The highest BCUT2D eigenvalue weighted by Gasteiger charge is 2.30. The molecule has 0 aliphatic carbocycles. The van der Waals surface area contributed by atoms with Crippen molar-refractivity contribution in [3.8, 4) is 6.07 Å². The van der Waals surface area contributed by atoms with E-state index in [1.807, 2.05) is 19.9 Å². The van der Waals surface area contributed by atoms with E-state index in [1.165, 1.54) is 7.11 Å². The summed E-state index contributed by atoms with van der Waals surface area (Å²) in [6.45, 7) is 5.11. The number of pyridine rings is 1. The van der Waals surface area contributed by atoms with Crippen LogP contribution in [0.3, 0.4) is 0 Å². The van der Waals surface area contributed by atoms with E-state index in [0.29, 0.717) is 12.1 Å². The standard InChI is InChI=1S/C14H17N3O2/c1-9-6-13(12(7-15)10(2)16-9)17-5-4-11(8-17)14(18)19-3/h6,11H,4-5,8H2,1-3H3. The second-order valence-corrected chi connectivity index (χ2v) is 4.81. The molecule has 0 saturated carbocycles. The fraction of sp³-hybridized carbons (Fsp3) is 0.500. The van der Waals surface area contributed by atoms with Gasteiger partial charge in [-0.2, -0.15) is 5.26 Å². The number of rotatable bonds is 2. The summed E-state index contributed by atoms with van der Waals surface area (Å²) in [6, 6.07) is 4.11. The molecular weight excluding hydrogens is 242 g/mol. The lowest BCUT2D eigenvalue weighted by Crippen LogP contribution is -2.24. The van der Waals surface area contributed by atoms with Crippen LogP contribution >= 0.6 is 0 Å². The summed E-state index contributed by atoms with van der Waals surface area (Å²) in [5.74, 6) is -0.283. The predicted molar refractivity (Wildman–Crippen MR) is 70.8 cm³/mol. The van der Waals surface area contributed by atoms with Crippen molar-refractivity contribution in [2.24, 2.45) is 5.92 Å². The van der Waals surface area contributed by atoms with Gasteiger partial charge in [-0.3, -0.25) is 9.78 Å². The highest BCUT2D eigenvalue weighted by Crippen LogP contribution is 2.29. The van der Waals surface area contributed by atoms with Gasteiger partial charge in [-0.1, -0.05) is 0 Å². The van der Waals surface area contributed by atoms with E-state index in [4.69, 9.17) is 4.74 Å². The molecule has 1 aromatic heterocycles. The monoisotopic (exact) mass is 259 g/mol. The van der Waals surface area contributed by atoms with Gasteiger partial charge in [0.1, 0.15) is 6.07 Å². The molecule has 1 unspecified atom stereocenters. The fourth-order valence-electron chi connectivity index (χ4n) is 2.53. The summed E-state index contributed by atoms with van der Waals surface area (Å²) in [5, 5.41) is 9.26. The Labute approximate surface area is 112 Å². The highest BCUT2D eigenvalue weighted by atomic mass is 16.5. The normalized spacial score (nSPS) is 18.2. The van der Waals surface area contributed by atoms with Crippen molar-refractivity contribution in [1.82, 2.24) is 4.98 Å². The number of carbonyl (C=O) groups excluding carboxylic acids is 1. The van der Waals surface area contributed by atoms with Gasteiger partial charge in [0.2, 0.25) is 0 Å². The van der Waals surface area contributed by atoms with Crippen molar-refractivity contribution in [2.45, 2.75) is 20.3 Å². The molecule has 19 heavy (non-hydrogen) atoms. The van der Waals surface area contributed by atoms with Gasteiger partial charge in [0.25, 0.3) is 0 Å². The van der Waals surface area contributed by atoms with Crippen molar-refractivity contribution in [3.05, 3.63) is 23.0 Å². The van der Waals surface area contributed by atoms with Gasteiger partial charge in [0.15, 0.2) is 0 Å². The quantitative estimate of drug-likeness (QED) is 0.754. The van der Waals surface area contributed by atoms with E-state index in [-0.39, 0.29) is 11.9 Å². The lowest BCUT2D eigenvalue weighted by molar-refractivity contribution is -0.144. The Balaban J connectivity index is 2.29. The minimum Gasteiger partial charge on any atom is -0.469 e. The number of methoxy groups -OCH3 is 1. The molecule has 2 heterocycles. The van der Waals surface area contributed by atoms with Crippen LogP contribution in [0.4, 0.5) is 5.69 Å². The van der Waals surface area contributed by atoms with Crippen LogP contribution < -0.4 is 4.90 Å². The number of hydrogen-bond acceptors (Lipinski definition) is 5. The van der Waals surface area contributed by atoms with Crippen LogP contribution in [0.1, 0.15) is 23.4 Å². The average Bonchev–Trinajstić information content (AvgIpc) is 2.86. The third-order valence-corrected chi connectivity index (χ3v) is 3.48. The number of nitrogens with zero attached hydrogens (tertiary/aromatic N) is 3. The van der Waals surface area contributed by atoms with E-state index in [1.54, 1.807) is 0 Å². The number of carbonyl (C=O) groups is 1. The molecule has 1 fully saturated rings. The summed E-state index contributed by atoms with van der Waals surface area (Å²) in [7, 11) is 1.41. The van der Waals surface area contributed by atoms with Gasteiger partial charge < -0.3 is 9.64 Å². The van der Waals surface area contributed by atoms with E-state index in [0.717, 1.165) is 30.0 Å². The Morgan fingerprint density at radius 3 is 2.95 bits per heavy atom. The molecule has 0 spiro atoms. The van der Waals surface area contributed by atoms with Gasteiger partial charge in [-0.15, -0.1) is 0 Å². The van der Waals surface area contributed by atoms with Crippen molar-refractivity contribution < 1.29 is 9.53 Å².